The van der Waals surface area contributed by atoms with Gasteiger partial charge >= 0.3 is 0 Å². The van der Waals surface area contributed by atoms with Crippen LogP contribution in [0.5, 0.6) is 0 Å². The molecule has 21 heavy (non-hydrogen) atoms. The number of anilines is 1. The monoisotopic (exact) mass is 286 g/mol. The van der Waals surface area contributed by atoms with Crippen LogP contribution in [0.1, 0.15) is 35.3 Å². The van der Waals surface area contributed by atoms with Gasteiger partial charge in [-0.25, -0.2) is 0 Å². The molecule has 0 aliphatic rings. The molecular weight excluding hydrogens is 268 g/mol. The minimum absolute atomic E-state index is 0.0804. The predicted octanol–water partition coefficient (Wildman–Crippen LogP) is 1.86. The van der Waals surface area contributed by atoms with Crippen molar-refractivity contribution in [3.63, 3.8) is 0 Å². The Morgan fingerprint density at radius 3 is 2.57 bits per heavy atom. The minimum atomic E-state index is -0.194. The summed E-state index contributed by atoms with van der Waals surface area (Å²) in [5.41, 5.74) is 2.46. The van der Waals surface area contributed by atoms with Crippen LogP contribution in [0, 0.1) is 0 Å². The van der Waals surface area contributed by atoms with Crippen molar-refractivity contribution in [2.75, 3.05) is 5.32 Å². The lowest BCUT2D eigenvalue weighted by Gasteiger charge is -2.06. The molecule has 0 spiro atoms. The number of benzene rings is 1. The van der Waals surface area contributed by atoms with E-state index < -0.39 is 0 Å². The highest BCUT2D eigenvalue weighted by Crippen LogP contribution is 2.13. The van der Waals surface area contributed by atoms with Gasteiger partial charge in [-0.2, -0.15) is 5.10 Å². The molecule has 2 rings (SSSR count). The molecule has 0 aliphatic carbocycles. The fourth-order valence-electron chi connectivity index (χ4n) is 1.87. The van der Waals surface area contributed by atoms with Gasteiger partial charge in [0.2, 0.25) is 5.91 Å². The second-order valence-corrected chi connectivity index (χ2v) is 4.68. The largest absolute Gasteiger partial charge is 0.352 e. The zero-order chi connectivity index (χ0) is 15.2. The molecule has 0 atom stereocenters. The third-order valence-corrected chi connectivity index (χ3v) is 3.09. The second-order valence-electron chi connectivity index (χ2n) is 4.68. The molecule has 1 heterocycles. The lowest BCUT2D eigenvalue weighted by molar-refractivity contribution is -0.119. The molecule has 2 aromatic rings. The molecule has 110 valence electrons. The molecule has 6 heteroatoms. The van der Waals surface area contributed by atoms with Crippen LogP contribution in [-0.4, -0.2) is 22.0 Å². The fraction of sp³-hybridized carbons (Fsp3) is 0.267. The molecule has 0 saturated carbocycles. The van der Waals surface area contributed by atoms with E-state index in [9.17, 15) is 9.59 Å². The van der Waals surface area contributed by atoms with Crippen LogP contribution >= 0.6 is 0 Å². The van der Waals surface area contributed by atoms with Gasteiger partial charge in [-0.3, -0.25) is 14.7 Å². The number of aromatic nitrogens is 2. The average molecular weight is 286 g/mol. The highest BCUT2D eigenvalue weighted by Gasteiger charge is 2.10. The Balaban J connectivity index is 2.01. The van der Waals surface area contributed by atoms with E-state index in [4.69, 9.17) is 0 Å². The van der Waals surface area contributed by atoms with Gasteiger partial charge in [0.1, 0.15) is 5.82 Å². The van der Waals surface area contributed by atoms with E-state index >= 15 is 0 Å². The summed E-state index contributed by atoms with van der Waals surface area (Å²) < 4.78 is 0. The molecule has 2 amide bonds. The number of amides is 2. The van der Waals surface area contributed by atoms with Crippen LogP contribution in [0.4, 0.5) is 5.82 Å². The summed E-state index contributed by atoms with van der Waals surface area (Å²) in [7, 11) is 0. The zero-order valence-electron chi connectivity index (χ0n) is 12.1. The quantitative estimate of drug-likeness (QED) is 0.784. The third-order valence-electron chi connectivity index (χ3n) is 3.09. The van der Waals surface area contributed by atoms with Crippen LogP contribution in [0.2, 0.25) is 0 Å². The third kappa shape index (κ3) is 3.92. The normalized spacial score (nSPS) is 10.2. The van der Waals surface area contributed by atoms with E-state index in [1.165, 1.54) is 6.92 Å². The maximum absolute atomic E-state index is 12.1. The van der Waals surface area contributed by atoms with E-state index in [1.54, 1.807) is 18.3 Å². The highest BCUT2D eigenvalue weighted by molar-refractivity contribution is 6.04. The van der Waals surface area contributed by atoms with Gasteiger partial charge in [0.15, 0.2) is 0 Å². The van der Waals surface area contributed by atoms with Crippen LogP contribution in [0.15, 0.2) is 30.5 Å². The first kappa shape index (κ1) is 14.8. The highest BCUT2D eigenvalue weighted by atomic mass is 16.2. The molecule has 0 saturated heterocycles. The number of carbonyl (C=O) groups is 2. The van der Waals surface area contributed by atoms with E-state index in [2.05, 4.69) is 20.8 Å². The molecule has 1 aromatic carbocycles. The van der Waals surface area contributed by atoms with Gasteiger partial charge in [-0.1, -0.05) is 19.1 Å². The van der Waals surface area contributed by atoms with Gasteiger partial charge in [0.05, 0.1) is 6.20 Å². The number of H-pyrrole nitrogens is 1. The topological polar surface area (TPSA) is 86.9 Å². The van der Waals surface area contributed by atoms with E-state index in [1.807, 2.05) is 19.1 Å². The minimum Gasteiger partial charge on any atom is -0.352 e. The van der Waals surface area contributed by atoms with Crippen LogP contribution in [0.3, 0.4) is 0 Å². The molecule has 0 unspecified atom stereocenters. The van der Waals surface area contributed by atoms with E-state index in [0.29, 0.717) is 17.9 Å². The Kier molecular flexibility index (Phi) is 4.71. The Hall–Kier alpha value is -2.63. The molecule has 0 aliphatic heterocycles. The smallest absolute Gasteiger partial charge is 0.256 e. The lowest BCUT2D eigenvalue weighted by Crippen LogP contribution is -2.19. The summed E-state index contributed by atoms with van der Waals surface area (Å²) in [6.07, 6.45) is 2.49. The van der Waals surface area contributed by atoms with Crippen LogP contribution in [-0.2, 0) is 17.8 Å². The number of hydrogen-bond acceptors (Lipinski definition) is 3. The van der Waals surface area contributed by atoms with E-state index in [0.717, 1.165) is 17.5 Å². The second kappa shape index (κ2) is 6.69. The van der Waals surface area contributed by atoms with Crippen molar-refractivity contribution in [2.24, 2.45) is 0 Å². The van der Waals surface area contributed by atoms with E-state index in [-0.39, 0.29) is 11.8 Å². The number of nitrogens with one attached hydrogen (secondary N) is 3. The van der Waals surface area contributed by atoms with Crippen LogP contribution < -0.4 is 10.6 Å². The maximum atomic E-state index is 12.1. The molecule has 3 N–H and O–H groups in total. The number of rotatable bonds is 5. The molecular formula is C15H18N4O2. The Bertz CT molecular complexity index is 631. The molecule has 1 aromatic heterocycles. The first-order valence-electron chi connectivity index (χ1n) is 6.77. The zero-order valence-corrected chi connectivity index (χ0v) is 12.1. The fourth-order valence-corrected chi connectivity index (χ4v) is 1.87. The lowest BCUT2D eigenvalue weighted by atomic mass is 10.1. The van der Waals surface area contributed by atoms with Crippen molar-refractivity contribution in [1.29, 1.82) is 0 Å². The number of carbonyl (C=O) groups excluding carboxylic acids is 2. The van der Waals surface area contributed by atoms with Gasteiger partial charge in [0, 0.05) is 24.6 Å². The summed E-state index contributed by atoms with van der Waals surface area (Å²) in [6.45, 7) is 3.92. The number of aromatic amines is 1. The summed E-state index contributed by atoms with van der Waals surface area (Å²) in [4.78, 5) is 23.0. The average Bonchev–Trinajstić information content (AvgIpc) is 2.92. The standard InChI is InChI=1S/C15H18N4O2/c1-3-12-9-17-19-14(12)18-15(21)13-6-4-11(5-7-13)8-16-10(2)20/h4-7,9H,3,8H2,1-2H3,(H,16,20)(H2,17,18,19,21). The Morgan fingerprint density at radius 1 is 1.24 bits per heavy atom. The van der Waals surface area contributed by atoms with Gasteiger partial charge < -0.3 is 10.6 Å². The molecule has 0 radical (unpaired) electrons. The van der Waals surface area contributed by atoms with Crippen molar-refractivity contribution < 1.29 is 9.59 Å². The number of hydrogen-bond donors (Lipinski definition) is 3. The first-order chi connectivity index (χ1) is 10.1. The summed E-state index contributed by atoms with van der Waals surface area (Å²) in [5.74, 6) is 0.355. The van der Waals surface area contributed by atoms with Crippen molar-refractivity contribution >= 4 is 17.6 Å². The number of aryl methyl sites for hydroxylation is 1. The first-order valence-corrected chi connectivity index (χ1v) is 6.77. The summed E-state index contributed by atoms with van der Waals surface area (Å²) in [6, 6.07) is 7.10. The van der Waals surface area contributed by atoms with Crippen molar-refractivity contribution in [3.8, 4) is 0 Å². The summed E-state index contributed by atoms with van der Waals surface area (Å²) in [5, 5.41) is 12.2. The Labute approximate surface area is 122 Å². The maximum Gasteiger partial charge on any atom is 0.256 e. The van der Waals surface area contributed by atoms with Crippen molar-refractivity contribution in [2.45, 2.75) is 26.8 Å². The summed E-state index contributed by atoms with van der Waals surface area (Å²) >= 11 is 0. The molecule has 6 nitrogen and oxygen atoms in total. The van der Waals surface area contributed by atoms with Gasteiger partial charge in [-0.15, -0.1) is 0 Å². The van der Waals surface area contributed by atoms with Crippen molar-refractivity contribution in [1.82, 2.24) is 15.5 Å². The molecule has 0 fully saturated rings. The van der Waals surface area contributed by atoms with Crippen LogP contribution in [0.25, 0.3) is 0 Å². The Morgan fingerprint density at radius 2 is 1.95 bits per heavy atom. The molecule has 0 bridgehead atoms. The van der Waals surface area contributed by atoms with Gasteiger partial charge in [0.25, 0.3) is 5.91 Å². The predicted molar refractivity (Wildman–Crippen MR) is 79.9 cm³/mol. The van der Waals surface area contributed by atoms with Gasteiger partial charge in [-0.05, 0) is 24.1 Å². The van der Waals surface area contributed by atoms with Crippen molar-refractivity contribution in [3.05, 3.63) is 47.2 Å². The number of nitrogens with zero attached hydrogens (tertiary/aromatic N) is 1. The SMILES string of the molecule is CCc1cn[nH]c1NC(=O)c1ccc(CNC(C)=O)cc1.